The van der Waals surface area contributed by atoms with Gasteiger partial charge >= 0.3 is 0 Å². The van der Waals surface area contributed by atoms with Crippen LogP contribution >= 0.6 is 0 Å². The van der Waals surface area contributed by atoms with Crippen molar-refractivity contribution < 1.29 is 4.74 Å². The summed E-state index contributed by atoms with van der Waals surface area (Å²) in [4.78, 5) is 0. The van der Waals surface area contributed by atoms with Crippen LogP contribution in [-0.2, 0) is 10.3 Å². The van der Waals surface area contributed by atoms with E-state index in [0.717, 1.165) is 0 Å². The van der Waals surface area contributed by atoms with Crippen LogP contribution in [0.1, 0.15) is 51.0 Å². The number of rotatable bonds is 1. The molecule has 1 aromatic carbocycles. The summed E-state index contributed by atoms with van der Waals surface area (Å²) >= 11 is 0. The predicted octanol–water partition coefficient (Wildman–Crippen LogP) is 4.58. The highest BCUT2D eigenvalue weighted by atomic mass is 16.5. The fourth-order valence-corrected chi connectivity index (χ4v) is 4.62. The summed E-state index contributed by atoms with van der Waals surface area (Å²) < 4.78 is 6.78. The smallest absolute Gasteiger partial charge is 0.0935 e. The second kappa shape index (κ2) is 3.96. The van der Waals surface area contributed by atoms with Crippen LogP contribution in [0, 0.1) is 5.92 Å². The maximum Gasteiger partial charge on any atom is 0.0935 e. The molecule has 2 aliphatic carbocycles. The number of allylic oxidation sites excluding steroid dienone is 1. The lowest BCUT2D eigenvalue weighted by molar-refractivity contribution is -0.0951. The van der Waals surface area contributed by atoms with Gasteiger partial charge in [-0.2, -0.15) is 0 Å². The van der Waals surface area contributed by atoms with Crippen LogP contribution in [0.15, 0.2) is 42.0 Å². The van der Waals surface area contributed by atoms with Gasteiger partial charge in [-0.05, 0) is 62.5 Å². The second-order valence-corrected chi connectivity index (χ2v) is 6.66. The molecule has 0 bridgehead atoms. The summed E-state index contributed by atoms with van der Waals surface area (Å²) in [5, 5.41) is 0. The van der Waals surface area contributed by atoms with E-state index in [0.29, 0.717) is 5.92 Å². The van der Waals surface area contributed by atoms with Crippen LogP contribution in [0.5, 0.6) is 0 Å². The van der Waals surface area contributed by atoms with Crippen molar-refractivity contribution >= 4 is 0 Å². The summed E-state index contributed by atoms with van der Waals surface area (Å²) in [6.07, 6.45) is 10.1. The average molecular weight is 254 g/mol. The minimum Gasteiger partial charge on any atom is -0.359 e. The largest absolute Gasteiger partial charge is 0.359 e. The summed E-state index contributed by atoms with van der Waals surface area (Å²) in [5.74, 6) is 0.716. The van der Waals surface area contributed by atoms with Crippen LogP contribution in [-0.4, -0.2) is 5.60 Å². The van der Waals surface area contributed by atoms with E-state index in [2.05, 4.69) is 43.3 Å². The first-order chi connectivity index (χ1) is 9.23. The number of ether oxygens (including phenoxy) is 1. The zero-order chi connectivity index (χ0) is 12.9. The van der Waals surface area contributed by atoms with Crippen molar-refractivity contribution in [2.24, 2.45) is 5.92 Å². The van der Waals surface area contributed by atoms with E-state index in [-0.39, 0.29) is 11.2 Å². The van der Waals surface area contributed by atoms with Crippen molar-refractivity contribution in [3.8, 4) is 0 Å². The molecule has 4 rings (SSSR count). The Morgan fingerprint density at radius 2 is 2.00 bits per heavy atom. The van der Waals surface area contributed by atoms with E-state index >= 15 is 0 Å². The molecule has 1 nitrogen and oxygen atoms in total. The maximum atomic E-state index is 6.78. The second-order valence-electron chi connectivity index (χ2n) is 6.66. The van der Waals surface area contributed by atoms with E-state index in [9.17, 15) is 0 Å². The maximum absolute atomic E-state index is 6.78. The lowest BCUT2D eigenvalue weighted by atomic mass is 9.75. The van der Waals surface area contributed by atoms with Gasteiger partial charge in [-0.25, -0.2) is 0 Å². The third-order valence-electron chi connectivity index (χ3n) is 5.52. The Labute approximate surface area is 115 Å². The van der Waals surface area contributed by atoms with E-state index in [1.165, 1.54) is 44.1 Å². The van der Waals surface area contributed by atoms with Gasteiger partial charge < -0.3 is 4.74 Å². The highest BCUT2D eigenvalue weighted by Crippen LogP contribution is 2.59. The molecule has 0 amide bonds. The molecule has 1 saturated heterocycles. The Hall–Kier alpha value is -1.08. The lowest BCUT2D eigenvalue weighted by Gasteiger charge is -2.38. The van der Waals surface area contributed by atoms with Gasteiger partial charge in [-0.1, -0.05) is 36.4 Å². The molecule has 0 N–H and O–H groups in total. The van der Waals surface area contributed by atoms with Crippen molar-refractivity contribution in [2.45, 2.75) is 56.7 Å². The highest BCUT2D eigenvalue weighted by molar-refractivity contribution is 5.34. The predicted molar refractivity (Wildman–Crippen MR) is 76.9 cm³/mol. The molecule has 3 aliphatic rings. The van der Waals surface area contributed by atoms with Gasteiger partial charge in [0.2, 0.25) is 0 Å². The molecule has 1 aromatic rings. The van der Waals surface area contributed by atoms with Crippen LogP contribution in [0.2, 0.25) is 0 Å². The molecule has 1 spiro atoms. The summed E-state index contributed by atoms with van der Waals surface area (Å²) in [6.45, 7) is 2.29. The Morgan fingerprint density at radius 1 is 1.16 bits per heavy atom. The van der Waals surface area contributed by atoms with E-state index in [1.54, 1.807) is 5.57 Å². The molecule has 1 aliphatic heterocycles. The van der Waals surface area contributed by atoms with Gasteiger partial charge in [0.15, 0.2) is 0 Å². The summed E-state index contributed by atoms with van der Waals surface area (Å²) in [6, 6.07) is 10.8. The molecule has 1 heterocycles. The first-order valence-corrected chi connectivity index (χ1v) is 7.68. The molecule has 1 heteroatoms. The SMILES string of the molecule is C[C@@]1(c2ccccc2)C[C@H]2CC=C3CCCC[C@@]32O1. The Morgan fingerprint density at radius 3 is 2.84 bits per heavy atom. The Kier molecular flexibility index (Phi) is 2.44. The molecule has 19 heavy (non-hydrogen) atoms. The molecule has 0 unspecified atom stereocenters. The topological polar surface area (TPSA) is 9.23 Å². The van der Waals surface area contributed by atoms with Crippen molar-refractivity contribution in [1.82, 2.24) is 0 Å². The third kappa shape index (κ3) is 1.57. The molecule has 0 radical (unpaired) electrons. The van der Waals surface area contributed by atoms with Crippen LogP contribution < -0.4 is 0 Å². The Balaban J connectivity index is 1.72. The van der Waals surface area contributed by atoms with Gasteiger partial charge in [-0.3, -0.25) is 0 Å². The highest BCUT2D eigenvalue weighted by Gasteiger charge is 2.57. The zero-order valence-corrected chi connectivity index (χ0v) is 11.7. The van der Waals surface area contributed by atoms with Gasteiger partial charge in [0.1, 0.15) is 0 Å². The summed E-state index contributed by atoms with van der Waals surface area (Å²) in [5.41, 5.74) is 2.98. The van der Waals surface area contributed by atoms with Gasteiger partial charge in [-0.15, -0.1) is 0 Å². The first kappa shape index (κ1) is 11.7. The minimum absolute atomic E-state index is 0.0806. The van der Waals surface area contributed by atoms with Crippen molar-refractivity contribution in [3.05, 3.63) is 47.5 Å². The van der Waals surface area contributed by atoms with Crippen LogP contribution in [0.3, 0.4) is 0 Å². The molecule has 1 saturated carbocycles. The van der Waals surface area contributed by atoms with E-state index < -0.39 is 0 Å². The molecule has 100 valence electrons. The molecule has 3 atom stereocenters. The zero-order valence-electron chi connectivity index (χ0n) is 11.7. The minimum atomic E-state index is -0.0806. The van der Waals surface area contributed by atoms with Crippen molar-refractivity contribution in [3.63, 3.8) is 0 Å². The molecular formula is C18H22O. The molecule has 2 fully saturated rings. The van der Waals surface area contributed by atoms with Crippen LogP contribution in [0.4, 0.5) is 0 Å². The average Bonchev–Trinajstić information content (AvgIpc) is 2.91. The lowest BCUT2D eigenvalue weighted by Crippen LogP contribution is -2.38. The number of benzene rings is 1. The van der Waals surface area contributed by atoms with Crippen LogP contribution in [0.25, 0.3) is 0 Å². The van der Waals surface area contributed by atoms with Crippen molar-refractivity contribution in [1.29, 1.82) is 0 Å². The van der Waals surface area contributed by atoms with E-state index in [4.69, 9.17) is 4.74 Å². The first-order valence-electron chi connectivity index (χ1n) is 7.68. The standard InChI is InChI=1S/C18H22O/c1-17(14-7-3-2-4-8-14)13-16-11-10-15-9-5-6-12-18(15,16)19-17/h2-4,7-8,10,16H,5-6,9,11-13H2,1H3/t16-,17+,18-/m1/s1. The van der Waals surface area contributed by atoms with Gasteiger partial charge in [0.05, 0.1) is 11.2 Å². The fraction of sp³-hybridized carbons (Fsp3) is 0.556. The Bertz CT molecular complexity index is 518. The molecule has 0 aromatic heterocycles. The van der Waals surface area contributed by atoms with Crippen molar-refractivity contribution in [2.75, 3.05) is 0 Å². The summed E-state index contributed by atoms with van der Waals surface area (Å²) in [7, 11) is 0. The quantitative estimate of drug-likeness (QED) is 0.666. The number of hydrogen-bond donors (Lipinski definition) is 0. The number of hydrogen-bond acceptors (Lipinski definition) is 1. The molecular weight excluding hydrogens is 232 g/mol. The van der Waals surface area contributed by atoms with Gasteiger partial charge in [0, 0.05) is 0 Å². The fourth-order valence-electron chi connectivity index (χ4n) is 4.62. The van der Waals surface area contributed by atoms with Gasteiger partial charge in [0.25, 0.3) is 0 Å². The van der Waals surface area contributed by atoms with E-state index in [1.807, 2.05) is 0 Å². The normalized spacial score (nSPS) is 40.7. The third-order valence-corrected chi connectivity index (χ3v) is 5.52. The monoisotopic (exact) mass is 254 g/mol.